The molecule has 2 heterocycles. The zero-order chi connectivity index (χ0) is 17.0. The lowest BCUT2D eigenvalue weighted by Crippen LogP contribution is -2.44. The molecule has 24 heavy (non-hydrogen) atoms. The topological polar surface area (TPSA) is 56.3 Å². The molecule has 1 aromatic heterocycles. The molecule has 0 atom stereocenters. The van der Waals surface area contributed by atoms with Gasteiger partial charge in [-0.1, -0.05) is 24.3 Å². The first kappa shape index (κ1) is 16.9. The van der Waals surface area contributed by atoms with Crippen LogP contribution in [0.5, 0.6) is 0 Å². The first-order valence-corrected chi connectivity index (χ1v) is 8.40. The molecule has 0 spiro atoms. The van der Waals surface area contributed by atoms with E-state index in [2.05, 4.69) is 9.88 Å². The van der Waals surface area contributed by atoms with Gasteiger partial charge >= 0.3 is 0 Å². The minimum absolute atomic E-state index is 0.0575. The summed E-state index contributed by atoms with van der Waals surface area (Å²) in [5.74, 6) is -0.207. The standard InChI is InChI=1S/C19H23FN2O2/c20-17-6-2-1-4-15(17)7-8-19(24)9-12-22(13-10-19)14-16-5-3-11-21-18(16)23/h1-6,11,24H,7-10,12-14H2,(H,21,23). The summed E-state index contributed by atoms with van der Waals surface area (Å²) in [5.41, 5.74) is 0.596. The van der Waals surface area contributed by atoms with Crippen LogP contribution in [0.25, 0.3) is 0 Å². The lowest BCUT2D eigenvalue weighted by molar-refractivity contribution is -0.0292. The number of piperidine rings is 1. The number of hydrogen-bond acceptors (Lipinski definition) is 3. The minimum atomic E-state index is -0.748. The van der Waals surface area contributed by atoms with Crippen molar-refractivity contribution in [3.05, 3.63) is 69.9 Å². The number of pyridine rings is 1. The van der Waals surface area contributed by atoms with Crippen LogP contribution in [0.4, 0.5) is 4.39 Å². The number of likely N-dealkylation sites (tertiary alicyclic amines) is 1. The van der Waals surface area contributed by atoms with E-state index in [1.54, 1.807) is 18.3 Å². The molecule has 1 aliphatic heterocycles. The van der Waals surface area contributed by atoms with E-state index < -0.39 is 5.60 Å². The average Bonchev–Trinajstić information content (AvgIpc) is 2.58. The number of nitrogens with one attached hydrogen (secondary N) is 1. The summed E-state index contributed by atoms with van der Waals surface area (Å²) >= 11 is 0. The first-order chi connectivity index (χ1) is 11.6. The number of rotatable bonds is 5. The molecule has 5 heteroatoms. The molecule has 4 nitrogen and oxygen atoms in total. The normalized spacial score (nSPS) is 17.8. The Morgan fingerprint density at radius 3 is 2.54 bits per heavy atom. The van der Waals surface area contributed by atoms with Gasteiger partial charge in [0.25, 0.3) is 5.56 Å². The average molecular weight is 330 g/mol. The fourth-order valence-corrected chi connectivity index (χ4v) is 3.27. The van der Waals surface area contributed by atoms with Crippen LogP contribution in [0.1, 0.15) is 30.4 Å². The predicted octanol–water partition coefficient (Wildman–Crippen LogP) is 2.47. The number of hydrogen-bond donors (Lipinski definition) is 2. The molecule has 0 amide bonds. The maximum absolute atomic E-state index is 13.7. The number of aromatic nitrogens is 1. The Balaban J connectivity index is 1.53. The van der Waals surface area contributed by atoms with Gasteiger partial charge in [0, 0.05) is 31.4 Å². The third kappa shape index (κ3) is 4.10. The van der Waals surface area contributed by atoms with Crippen LogP contribution in [0, 0.1) is 5.82 Å². The molecule has 0 bridgehead atoms. The number of halogens is 1. The molecule has 1 fully saturated rings. The molecule has 128 valence electrons. The highest BCUT2D eigenvalue weighted by atomic mass is 19.1. The number of benzene rings is 1. The highest BCUT2D eigenvalue weighted by Crippen LogP contribution is 2.28. The second-order valence-electron chi connectivity index (χ2n) is 6.62. The molecule has 2 aromatic rings. The molecule has 2 N–H and O–H groups in total. The summed E-state index contributed by atoms with van der Waals surface area (Å²) in [6.07, 6.45) is 4.02. The molecule has 3 rings (SSSR count). The number of aliphatic hydroxyl groups is 1. The summed E-state index contributed by atoms with van der Waals surface area (Å²) < 4.78 is 13.7. The number of aryl methyl sites for hydroxylation is 1. The third-order valence-electron chi connectivity index (χ3n) is 4.90. The second-order valence-corrected chi connectivity index (χ2v) is 6.62. The fourth-order valence-electron chi connectivity index (χ4n) is 3.27. The molecule has 0 saturated carbocycles. The molecule has 0 radical (unpaired) electrons. The van der Waals surface area contributed by atoms with Gasteiger partial charge in [-0.2, -0.15) is 0 Å². The summed E-state index contributed by atoms with van der Waals surface area (Å²) in [4.78, 5) is 16.6. The minimum Gasteiger partial charge on any atom is -0.390 e. The number of aromatic amines is 1. The molecule has 0 aliphatic carbocycles. The van der Waals surface area contributed by atoms with E-state index in [1.807, 2.05) is 18.2 Å². The SMILES string of the molecule is O=c1[nH]cccc1CN1CCC(O)(CCc2ccccc2F)CC1. The smallest absolute Gasteiger partial charge is 0.252 e. The van der Waals surface area contributed by atoms with Crippen LogP contribution in [-0.2, 0) is 13.0 Å². The van der Waals surface area contributed by atoms with Crippen LogP contribution in [0.2, 0.25) is 0 Å². The van der Waals surface area contributed by atoms with Crippen LogP contribution in [0.15, 0.2) is 47.4 Å². The Labute approximate surface area is 141 Å². The van der Waals surface area contributed by atoms with Crippen molar-refractivity contribution in [1.82, 2.24) is 9.88 Å². The van der Waals surface area contributed by atoms with Gasteiger partial charge in [-0.05, 0) is 43.4 Å². The maximum Gasteiger partial charge on any atom is 0.252 e. The van der Waals surface area contributed by atoms with Gasteiger partial charge in [0.05, 0.1) is 5.60 Å². The highest BCUT2D eigenvalue weighted by Gasteiger charge is 2.32. The Morgan fingerprint density at radius 1 is 1.12 bits per heavy atom. The molecule has 1 saturated heterocycles. The molecule has 1 aliphatic rings. The number of nitrogens with zero attached hydrogens (tertiary/aromatic N) is 1. The predicted molar refractivity (Wildman–Crippen MR) is 91.2 cm³/mol. The first-order valence-electron chi connectivity index (χ1n) is 8.40. The molecular weight excluding hydrogens is 307 g/mol. The van der Waals surface area contributed by atoms with Crippen molar-refractivity contribution in [2.75, 3.05) is 13.1 Å². The largest absolute Gasteiger partial charge is 0.390 e. The monoisotopic (exact) mass is 330 g/mol. The lowest BCUT2D eigenvalue weighted by atomic mass is 9.85. The fraction of sp³-hybridized carbons (Fsp3) is 0.421. The lowest BCUT2D eigenvalue weighted by Gasteiger charge is -2.38. The van der Waals surface area contributed by atoms with E-state index in [4.69, 9.17) is 0 Å². The molecule has 0 unspecified atom stereocenters. The maximum atomic E-state index is 13.7. The van der Waals surface area contributed by atoms with Crippen molar-refractivity contribution in [2.45, 2.75) is 37.8 Å². The molecule has 1 aromatic carbocycles. The van der Waals surface area contributed by atoms with Crippen molar-refractivity contribution < 1.29 is 9.50 Å². The Kier molecular flexibility index (Phi) is 5.11. The Morgan fingerprint density at radius 2 is 1.83 bits per heavy atom. The zero-order valence-corrected chi connectivity index (χ0v) is 13.7. The van der Waals surface area contributed by atoms with E-state index in [9.17, 15) is 14.3 Å². The summed E-state index contributed by atoms with van der Waals surface area (Å²) in [6, 6.07) is 10.4. The third-order valence-corrected chi connectivity index (χ3v) is 4.90. The van der Waals surface area contributed by atoms with Crippen molar-refractivity contribution in [1.29, 1.82) is 0 Å². The number of H-pyrrole nitrogens is 1. The second kappa shape index (κ2) is 7.28. The van der Waals surface area contributed by atoms with Crippen molar-refractivity contribution in [2.24, 2.45) is 0 Å². The van der Waals surface area contributed by atoms with Gasteiger partial charge in [0.2, 0.25) is 0 Å². The van der Waals surface area contributed by atoms with E-state index >= 15 is 0 Å². The van der Waals surface area contributed by atoms with Crippen molar-refractivity contribution in [3.8, 4) is 0 Å². The van der Waals surface area contributed by atoms with Gasteiger partial charge in [0.1, 0.15) is 5.82 Å². The Hall–Kier alpha value is -1.98. The summed E-state index contributed by atoms with van der Waals surface area (Å²) in [6.45, 7) is 2.07. The van der Waals surface area contributed by atoms with Gasteiger partial charge in [-0.15, -0.1) is 0 Å². The van der Waals surface area contributed by atoms with E-state index in [0.717, 1.165) is 18.7 Å². The molecular formula is C19H23FN2O2. The van der Waals surface area contributed by atoms with Crippen LogP contribution in [-0.4, -0.2) is 33.7 Å². The van der Waals surface area contributed by atoms with Crippen LogP contribution < -0.4 is 5.56 Å². The Bertz CT molecular complexity index is 736. The van der Waals surface area contributed by atoms with Gasteiger partial charge < -0.3 is 10.1 Å². The van der Waals surface area contributed by atoms with Crippen LogP contribution in [0.3, 0.4) is 0 Å². The van der Waals surface area contributed by atoms with E-state index in [1.165, 1.54) is 6.07 Å². The van der Waals surface area contributed by atoms with Crippen molar-refractivity contribution in [3.63, 3.8) is 0 Å². The van der Waals surface area contributed by atoms with Gasteiger partial charge in [-0.3, -0.25) is 9.69 Å². The zero-order valence-electron chi connectivity index (χ0n) is 13.7. The van der Waals surface area contributed by atoms with Crippen molar-refractivity contribution >= 4 is 0 Å². The van der Waals surface area contributed by atoms with E-state index in [0.29, 0.717) is 37.8 Å². The van der Waals surface area contributed by atoms with Crippen LogP contribution >= 0.6 is 0 Å². The quantitative estimate of drug-likeness (QED) is 0.885. The van der Waals surface area contributed by atoms with Gasteiger partial charge in [-0.25, -0.2) is 4.39 Å². The van der Waals surface area contributed by atoms with Gasteiger partial charge in [0.15, 0.2) is 0 Å². The summed E-state index contributed by atoms with van der Waals surface area (Å²) in [5, 5.41) is 10.7. The highest BCUT2D eigenvalue weighted by molar-refractivity contribution is 5.17. The van der Waals surface area contributed by atoms with E-state index in [-0.39, 0.29) is 11.4 Å². The summed E-state index contributed by atoms with van der Waals surface area (Å²) in [7, 11) is 0.